The molecule has 0 bridgehead atoms. The lowest BCUT2D eigenvalue weighted by Crippen LogP contribution is -2.25. The largest absolute Gasteiger partial charge is 0.289 e. The molecule has 0 spiro atoms. The van der Waals surface area contributed by atoms with Crippen LogP contribution in [0, 0.1) is 0 Å². The molecular weight excluding hydrogens is 284 g/mol. The van der Waals surface area contributed by atoms with Gasteiger partial charge in [0.25, 0.3) is 0 Å². The van der Waals surface area contributed by atoms with Gasteiger partial charge in [0.05, 0.1) is 4.21 Å². The summed E-state index contributed by atoms with van der Waals surface area (Å²) in [6.07, 6.45) is 2.09. The average molecular weight is 295 g/mol. The van der Waals surface area contributed by atoms with Gasteiger partial charge in [0.15, 0.2) is 5.43 Å². The molecule has 0 amide bonds. The molecule has 1 aromatic carbocycles. The van der Waals surface area contributed by atoms with Crippen LogP contribution in [0.25, 0.3) is 10.1 Å². The molecule has 0 N–H and O–H groups in total. The van der Waals surface area contributed by atoms with Crippen LogP contribution in [0.15, 0.2) is 38.7 Å². The second-order valence-corrected chi connectivity index (χ2v) is 7.54. The van der Waals surface area contributed by atoms with Crippen molar-refractivity contribution in [1.82, 2.24) is 0 Å². The highest BCUT2D eigenvalue weighted by atomic mass is 35.5. The molecule has 1 aromatic heterocycles. The molecule has 1 nitrogen and oxygen atoms in total. The Labute approximate surface area is 118 Å². The molecule has 0 saturated carbocycles. The lowest BCUT2D eigenvalue weighted by atomic mass is 9.85. The zero-order valence-electron chi connectivity index (χ0n) is 9.99. The van der Waals surface area contributed by atoms with Crippen molar-refractivity contribution in [3.05, 3.63) is 50.5 Å². The third-order valence-corrected chi connectivity index (χ3v) is 5.54. The van der Waals surface area contributed by atoms with Crippen LogP contribution in [-0.2, 0) is 5.41 Å². The van der Waals surface area contributed by atoms with Crippen molar-refractivity contribution < 1.29 is 0 Å². The van der Waals surface area contributed by atoms with Crippen molar-refractivity contribution in [2.45, 2.75) is 23.5 Å². The Hall–Kier alpha value is -0.770. The van der Waals surface area contributed by atoms with Gasteiger partial charge in [-0.15, -0.1) is 11.3 Å². The molecule has 1 aliphatic heterocycles. The highest BCUT2D eigenvalue weighted by molar-refractivity contribution is 8.04. The number of hydrogen-bond donors (Lipinski definition) is 0. The standard InChI is InChI=1S/C14H11ClOS2/c1-14(2)5-6-17-13-11(14)12(16)9-4-3-8(15)7-10(9)18-13/h3-7H,1-2H3. The quantitative estimate of drug-likeness (QED) is 0.693. The lowest BCUT2D eigenvalue weighted by Gasteiger charge is -2.26. The van der Waals surface area contributed by atoms with Gasteiger partial charge in [-0.25, -0.2) is 0 Å². The Morgan fingerprint density at radius 1 is 1.28 bits per heavy atom. The van der Waals surface area contributed by atoms with E-state index in [0.717, 1.165) is 19.9 Å². The fraction of sp³-hybridized carbons (Fsp3) is 0.214. The van der Waals surface area contributed by atoms with Gasteiger partial charge in [-0.3, -0.25) is 4.79 Å². The van der Waals surface area contributed by atoms with Crippen LogP contribution < -0.4 is 5.43 Å². The van der Waals surface area contributed by atoms with E-state index in [4.69, 9.17) is 11.6 Å². The maximum Gasteiger partial charge on any atom is 0.193 e. The Balaban J connectivity index is 2.44. The SMILES string of the molecule is CC1(C)C=CSc2sc3cc(Cl)ccc3c(=O)c21. The van der Waals surface area contributed by atoms with Gasteiger partial charge in [-0.2, -0.15) is 0 Å². The van der Waals surface area contributed by atoms with Gasteiger partial charge in [-0.05, 0) is 23.6 Å². The first kappa shape index (κ1) is 12.3. The summed E-state index contributed by atoms with van der Waals surface area (Å²) >= 11 is 9.26. The van der Waals surface area contributed by atoms with Gasteiger partial charge in [-0.1, -0.05) is 43.3 Å². The summed E-state index contributed by atoms with van der Waals surface area (Å²) < 4.78 is 2.05. The van der Waals surface area contributed by atoms with Crippen molar-refractivity contribution in [3.8, 4) is 0 Å². The van der Waals surface area contributed by atoms with Gasteiger partial charge in [0, 0.05) is 26.1 Å². The van der Waals surface area contributed by atoms with E-state index in [1.165, 1.54) is 0 Å². The molecule has 92 valence electrons. The normalized spacial score (nSPS) is 16.8. The van der Waals surface area contributed by atoms with Crippen molar-refractivity contribution in [3.63, 3.8) is 0 Å². The Morgan fingerprint density at radius 3 is 2.83 bits per heavy atom. The molecule has 1 aliphatic rings. The molecule has 0 radical (unpaired) electrons. The van der Waals surface area contributed by atoms with E-state index in [0.29, 0.717) is 5.02 Å². The fourth-order valence-electron chi connectivity index (χ4n) is 2.13. The van der Waals surface area contributed by atoms with E-state index in [2.05, 4.69) is 25.3 Å². The number of benzene rings is 1. The first-order valence-corrected chi connectivity index (χ1v) is 7.68. The first-order valence-electron chi connectivity index (χ1n) is 5.60. The summed E-state index contributed by atoms with van der Waals surface area (Å²) in [5, 5.41) is 3.51. The fourth-order valence-corrected chi connectivity index (χ4v) is 5.12. The monoisotopic (exact) mass is 294 g/mol. The predicted molar refractivity (Wildman–Crippen MR) is 81.1 cm³/mol. The van der Waals surface area contributed by atoms with E-state index in [9.17, 15) is 4.79 Å². The van der Waals surface area contributed by atoms with Crippen molar-refractivity contribution in [1.29, 1.82) is 0 Å². The Kier molecular flexibility index (Phi) is 2.81. The summed E-state index contributed by atoms with van der Waals surface area (Å²) in [5.41, 5.74) is 0.856. The average Bonchev–Trinajstić information content (AvgIpc) is 2.27. The minimum atomic E-state index is -0.192. The minimum Gasteiger partial charge on any atom is -0.289 e. The zero-order valence-corrected chi connectivity index (χ0v) is 12.4. The van der Waals surface area contributed by atoms with Crippen LogP contribution in [0.2, 0.25) is 5.02 Å². The molecule has 4 heteroatoms. The summed E-state index contributed by atoms with van der Waals surface area (Å²) in [6, 6.07) is 5.48. The van der Waals surface area contributed by atoms with Gasteiger partial charge >= 0.3 is 0 Å². The number of halogens is 1. The number of rotatable bonds is 0. The highest BCUT2D eigenvalue weighted by Crippen LogP contribution is 2.42. The first-order chi connectivity index (χ1) is 8.49. The van der Waals surface area contributed by atoms with Crippen LogP contribution in [0.3, 0.4) is 0 Å². The van der Waals surface area contributed by atoms with Crippen molar-refractivity contribution in [2.75, 3.05) is 0 Å². The molecule has 3 rings (SSSR count). The molecule has 0 fully saturated rings. The van der Waals surface area contributed by atoms with Crippen molar-refractivity contribution in [2.24, 2.45) is 0 Å². The van der Waals surface area contributed by atoms with E-state index in [-0.39, 0.29) is 10.8 Å². The summed E-state index contributed by atoms with van der Waals surface area (Å²) in [5.74, 6) is 0. The van der Waals surface area contributed by atoms with Gasteiger partial charge < -0.3 is 0 Å². The minimum absolute atomic E-state index is 0.136. The maximum absolute atomic E-state index is 12.6. The zero-order chi connectivity index (χ0) is 12.9. The second-order valence-electron chi connectivity index (χ2n) is 4.88. The van der Waals surface area contributed by atoms with E-state index >= 15 is 0 Å². The molecule has 0 unspecified atom stereocenters. The van der Waals surface area contributed by atoms with Crippen LogP contribution in [-0.4, -0.2) is 0 Å². The Morgan fingerprint density at radius 2 is 2.06 bits per heavy atom. The molecule has 0 atom stereocenters. The van der Waals surface area contributed by atoms with E-state index < -0.39 is 0 Å². The van der Waals surface area contributed by atoms with Gasteiger partial charge in [0.1, 0.15) is 0 Å². The molecular formula is C14H11ClOS2. The topological polar surface area (TPSA) is 17.1 Å². The molecule has 2 heterocycles. The summed E-state index contributed by atoms with van der Waals surface area (Å²) in [7, 11) is 0. The molecule has 0 saturated heterocycles. The summed E-state index contributed by atoms with van der Waals surface area (Å²) in [4.78, 5) is 12.6. The third kappa shape index (κ3) is 1.81. The lowest BCUT2D eigenvalue weighted by molar-refractivity contribution is 0.653. The number of thioether (sulfide) groups is 1. The predicted octanol–water partition coefficient (Wildman–Crippen LogP) is 4.81. The third-order valence-electron chi connectivity index (χ3n) is 3.13. The number of hydrogen-bond acceptors (Lipinski definition) is 3. The van der Waals surface area contributed by atoms with Crippen LogP contribution in [0.1, 0.15) is 19.4 Å². The molecule has 0 aliphatic carbocycles. The van der Waals surface area contributed by atoms with Crippen LogP contribution >= 0.6 is 34.7 Å². The number of fused-ring (bicyclic) bond motifs is 2. The second kappa shape index (κ2) is 4.12. The maximum atomic E-state index is 12.6. The number of allylic oxidation sites excluding steroid dienone is 1. The summed E-state index contributed by atoms with van der Waals surface area (Å²) in [6.45, 7) is 4.16. The van der Waals surface area contributed by atoms with Crippen LogP contribution in [0.4, 0.5) is 0 Å². The van der Waals surface area contributed by atoms with Crippen LogP contribution in [0.5, 0.6) is 0 Å². The molecule has 18 heavy (non-hydrogen) atoms. The van der Waals surface area contributed by atoms with E-state index in [1.807, 2.05) is 12.1 Å². The smallest absolute Gasteiger partial charge is 0.193 e. The molecule has 2 aromatic rings. The van der Waals surface area contributed by atoms with Crippen molar-refractivity contribution >= 4 is 44.8 Å². The Bertz CT molecular complexity index is 728. The highest BCUT2D eigenvalue weighted by Gasteiger charge is 2.28. The van der Waals surface area contributed by atoms with E-state index in [1.54, 1.807) is 29.2 Å². The van der Waals surface area contributed by atoms with Gasteiger partial charge in [0.2, 0.25) is 0 Å².